The highest BCUT2D eigenvalue weighted by Gasteiger charge is 2.40. The Morgan fingerprint density at radius 1 is 1.22 bits per heavy atom. The molecule has 2 saturated carbocycles. The van der Waals surface area contributed by atoms with Gasteiger partial charge < -0.3 is 11.1 Å². The number of nitrogens with two attached hydrogens (primary N) is 1. The zero-order valence-corrected chi connectivity index (χ0v) is 11.7. The first kappa shape index (κ1) is 13.9. The summed E-state index contributed by atoms with van der Waals surface area (Å²) in [6.07, 6.45) is 10.8. The Hall–Kier alpha value is -0.570. The number of carbonyl (C=O) groups excluding carboxylic acids is 1. The molecule has 3 N–H and O–H groups in total. The lowest BCUT2D eigenvalue weighted by molar-refractivity contribution is -0.131. The maximum atomic E-state index is 12.5. The van der Waals surface area contributed by atoms with Crippen LogP contribution >= 0.6 is 0 Å². The number of hydrogen-bond donors (Lipinski definition) is 2. The monoisotopic (exact) mass is 252 g/mol. The van der Waals surface area contributed by atoms with Gasteiger partial charge in [-0.3, -0.25) is 4.79 Å². The third-order valence-electron chi connectivity index (χ3n) is 5.15. The molecule has 0 heterocycles. The fourth-order valence-electron chi connectivity index (χ4n) is 3.69. The summed E-state index contributed by atoms with van der Waals surface area (Å²) in [4.78, 5) is 12.5. The van der Waals surface area contributed by atoms with Crippen molar-refractivity contribution in [2.45, 2.75) is 70.8 Å². The molecule has 2 fully saturated rings. The predicted octanol–water partition coefficient (Wildman–Crippen LogP) is 2.59. The summed E-state index contributed by atoms with van der Waals surface area (Å²) >= 11 is 0. The van der Waals surface area contributed by atoms with Crippen LogP contribution in [0.1, 0.15) is 64.7 Å². The van der Waals surface area contributed by atoms with Gasteiger partial charge in [-0.2, -0.15) is 0 Å². The molecule has 0 aromatic heterocycles. The van der Waals surface area contributed by atoms with Crippen molar-refractivity contribution in [3.63, 3.8) is 0 Å². The second kappa shape index (κ2) is 6.05. The Labute approximate surface area is 111 Å². The van der Waals surface area contributed by atoms with Crippen molar-refractivity contribution in [2.24, 2.45) is 17.1 Å². The summed E-state index contributed by atoms with van der Waals surface area (Å²) in [5, 5.41) is 3.26. The Kier molecular flexibility index (Phi) is 4.66. The Morgan fingerprint density at radius 2 is 1.83 bits per heavy atom. The molecule has 104 valence electrons. The van der Waals surface area contributed by atoms with Gasteiger partial charge in [-0.05, 0) is 38.5 Å². The van der Waals surface area contributed by atoms with E-state index < -0.39 is 0 Å². The zero-order valence-electron chi connectivity index (χ0n) is 11.7. The van der Waals surface area contributed by atoms with Crippen LogP contribution in [0, 0.1) is 11.3 Å². The van der Waals surface area contributed by atoms with E-state index in [2.05, 4.69) is 12.2 Å². The van der Waals surface area contributed by atoms with Crippen LogP contribution in [0.3, 0.4) is 0 Å². The van der Waals surface area contributed by atoms with E-state index in [0.717, 1.165) is 25.7 Å². The number of hydrogen-bond acceptors (Lipinski definition) is 2. The van der Waals surface area contributed by atoms with Gasteiger partial charge in [-0.15, -0.1) is 0 Å². The minimum Gasteiger partial charge on any atom is -0.353 e. The van der Waals surface area contributed by atoms with Crippen LogP contribution in [0.25, 0.3) is 0 Å². The highest BCUT2D eigenvalue weighted by Crippen LogP contribution is 2.37. The SMILES string of the molecule is CC(NC(=O)C1(CN)CCCC1)C1CCCCC1. The van der Waals surface area contributed by atoms with Crippen LogP contribution < -0.4 is 11.1 Å². The maximum Gasteiger partial charge on any atom is 0.227 e. The molecule has 1 amide bonds. The molecule has 2 aliphatic rings. The van der Waals surface area contributed by atoms with Crippen molar-refractivity contribution in [3.05, 3.63) is 0 Å². The molecule has 2 rings (SSSR count). The summed E-state index contributed by atoms with van der Waals surface area (Å²) < 4.78 is 0. The minimum atomic E-state index is -0.247. The average Bonchev–Trinajstić information content (AvgIpc) is 2.89. The molecule has 3 nitrogen and oxygen atoms in total. The Morgan fingerprint density at radius 3 is 2.39 bits per heavy atom. The molecule has 18 heavy (non-hydrogen) atoms. The van der Waals surface area contributed by atoms with Crippen molar-refractivity contribution < 1.29 is 4.79 Å². The van der Waals surface area contributed by atoms with E-state index in [1.165, 1.54) is 32.1 Å². The normalized spacial score (nSPS) is 25.9. The summed E-state index contributed by atoms with van der Waals surface area (Å²) in [5.41, 5.74) is 5.62. The lowest BCUT2D eigenvalue weighted by atomic mass is 9.82. The van der Waals surface area contributed by atoms with Gasteiger partial charge >= 0.3 is 0 Å². The summed E-state index contributed by atoms with van der Waals surface area (Å²) in [5.74, 6) is 0.902. The van der Waals surface area contributed by atoms with Crippen LogP contribution in [0.4, 0.5) is 0 Å². The summed E-state index contributed by atoms with van der Waals surface area (Å²) in [7, 11) is 0. The van der Waals surface area contributed by atoms with Crippen molar-refractivity contribution in [2.75, 3.05) is 6.54 Å². The van der Waals surface area contributed by atoms with E-state index in [4.69, 9.17) is 5.73 Å². The molecule has 2 aliphatic carbocycles. The fourth-order valence-corrected chi connectivity index (χ4v) is 3.69. The number of rotatable bonds is 4. The average molecular weight is 252 g/mol. The predicted molar refractivity (Wildman–Crippen MR) is 74.1 cm³/mol. The van der Waals surface area contributed by atoms with Gasteiger partial charge in [-0.1, -0.05) is 32.1 Å². The van der Waals surface area contributed by atoms with Gasteiger partial charge in [0.25, 0.3) is 0 Å². The van der Waals surface area contributed by atoms with E-state index in [0.29, 0.717) is 18.5 Å². The fraction of sp³-hybridized carbons (Fsp3) is 0.933. The van der Waals surface area contributed by atoms with Crippen molar-refractivity contribution >= 4 is 5.91 Å². The van der Waals surface area contributed by atoms with Gasteiger partial charge in [0, 0.05) is 12.6 Å². The van der Waals surface area contributed by atoms with Crippen LogP contribution in [0.5, 0.6) is 0 Å². The Balaban J connectivity index is 1.89. The molecule has 0 aliphatic heterocycles. The van der Waals surface area contributed by atoms with Crippen LogP contribution in [0.15, 0.2) is 0 Å². The lowest BCUT2D eigenvalue weighted by Gasteiger charge is -2.32. The van der Waals surface area contributed by atoms with Gasteiger partial charge in [-0.25, -0.2) is 0 Å². The standard InChI is InChI=1S/C15H28N2O/c1-12(13-7-3-2-4-8-13)17-14(18)15(11-16)9-5-6-10-15/h12-13H,2-11,16H2,1H3,(H,17,18). The molecule has 0 saturated heterocycles. The number of carbonyl (C=O) groups is 1. The number of amides is 1. The largest absolute Gasteiger partial charge is 0.353 e. The van der Waals surface area contributed by atoms with E-state index >= 15 is 0 Å². The zero-order chi connectivity index (χ0) is 13.0. The molecule has 1 atom stereocenters. The van der Waals surface area contributed by atoms with Gasteiger partial charge in [0.15, 0.2) is 0 Å². The molecule has 0 bridgehead atoms. The second-order valence-corrected chi connectivity index (χ2v) is 6.35. The highest BCUT2D eigenvalue weighted by molar-refractivity contribution is 5.83. The van der Waals surface area contributed by atoms with Crippen LogP contribution in [-0.2, 0) is 4.79 Å². The third-order valence-corrected chi connectivity index (χ3v) is 5.15. The van der Waals surface area contributed by atoms with Crippen molar-refractivity contribution in [1.82, 2.24) is 5.32 Å². The molecule has 3 heteroatoms. The van der Waals surface area contributed by atoms with Crippen LogP contribution in [-0.4, -0.2) is 18.5 Å². The van der Waals surface area contributed by atoms with Crippen molar-refractivity contribution in [1.29, 1.82) is 0 Å². The van der Waals surface area contributed by atoms with E-state index in [-0.39, 0.29) is 11.3 Å². The smallest absolute Gasteiger partial charge is 0.227 e. The first-order chi connectivity index (χ1) is 8.68. The second-order valence-electron chi connectivity index (χ2n) is 6.35. The quantitative estimate of drug-likeness (QED) is 0.808. The summed E-state index contributed by atoms with van der Waals surface area (Å²) in [6, 6.07) is 0.321. The first-order valence-electron chi connectivity index (χ1n) is 7.69. The lowest BCUT2D eigenvalue weighted by Crippen LogP contribution is -2.49. The van der Waals surface area contributed by atoms with E-state index in [9.17, 15) is 4.79 Å². The highest BCUT2D eigenvalue weighted by atomic mass is 16.2. The van der Waals surface area contributed by atoms with Crippen molar-refractivity contribution in [3.8, 4) is 0 Å². The third kappa shape index (κ3) is 2.87. The van der Waals surface area contributed by atoms with E-state index in [1.807, 2.05) is 0 Å². The van der Waals surface area contributed by atoms with Gasteiger partial charge in [0.1, 0.15) is 0 Å². The Bertz CT molecular complexity index is 278. The maximum absolute atomic E-state index is 12.5. The molecule has 1 unspecified atom stereocenters. The topological polar surface area (TPSA) is 55.1 Å². The molecule has 0 radical (unpaired) electrons. The van der Waals surface area contributed by atoms with Gasteiger partial charge in [0.05, 0.1) is 5.41 Å². The van der Waals surface area contributed by atoms with E-state index in [1.54, 1.807) is 0 Å². The summed E-state index contributed by atoms with van der Waals surface area (Å²) in [6.45, 7) is 2.68. The molecular weight excluding hydrogens is 224 g/mol. The molecule has 0 spiro atoms. The first-order valence-corrected chi connectivity index (χ1v) is 7.69. The molecule has 0 aromatic carbocycles. The molecular formula is C15H28N2O. The minimum absolute atomic E-state index is 0.223. The van der Waals surface area contributed by atoms with Crippen LogP contribution in [0.2, 0.25) is 0 Å². The molecule has 0 aromatic rings. The van der Waals surface area contributed by atoms with Gasteiger partial charge in [0.2, 0.25) is 5.91 Å². The number of nitrogens with one attached hydrogen (secondary N) is 1.